The van der Waals surface area contributed by atoms with Gasteiger partial charge in [0.2, 0.25) is 5.91 Å². The number of nitrogens with one attached hydrogen (secondary N) is 1. The molecule has 1 N–H and O–H groups in total. The van der Waals surface area contributed by atoms with Crippen LogP contribution >= 0.6 is 11.3 Å². The van der Waals surface area contributed by atoms with Gasteiger partial charge in [0.1, 0.15) is 16.9 Å². The van der Waals surface area contributed by atoms with Gasteiger partial charge in [-0.05, 0) is 52.3 Å². The summed E-state index contributed by atoms with van der Waals surface area (Å²) < 4.78 is 0. The molecule has 0 radical (unpaired) electrons. The third-order valence-electron chi connectivity index (χ3n) is 6.27. The van der Waals surface area contributed by atoms with E-state index in [-0.39, 0.29) is 12.3 Å². The van der Waals surface area contributed by atoms with Gasteiger partial charge in [-0.25, -0.2) is 0 Å². The van der Waals surface area contributed by atoms with E-state index >= 15 is 0 Å². The molecule has 1 aliphatic rings. The van der Waals surface area contributed by atoms with E-state index in [1.807, 2.05) is 38.1 Å². The zero-order valence-electron chi connectivity index (χ0n) is 21.3. The highest BCUT2D eigenvalue weighted by atomic mass is 32.1. The van der Waals surface area contributed by atoms with Gasteiger partial charge in [0, 0.05) is 34.4 Å². The summed E-state index contributed by atoms with van der Waals surface area (Å²) in [6, 6.07) is 15.8. The topological polar surface area (TPSA) is 57.1 Å². The van der Waals surface area contributed by atoms with Gasteiger partial charge in [0.25, 0.3) is 0 Å². The molecule has 2 aromatic carbocycles. The highest BCUT2D eigenvalue weighted by Gasteiger charge is 2.34. The van der Waals surface area contributed by atoms with E-state index < -0.39 is 6.04 Å². The van der Waals surface area contributed by atoms with Crippen molar-refractivity contribution < 1.29 is 4.79 Å². The Balaban J connectivity index is 1.83. The van der Waals surface area contributed by atoms with E-state index in [1.54, 1.807) is 18.4 Å². The number of carbonyl (C=O) groups is 1. The number of aliphatic imine (C=N–C) groups is 2. The lowest BCUT2D eigenvalue weighted by atomic mass is 9.99. The van der Waals surface area contributed by atoms with E-state index in [4.69, 9.17) is 4.99 Å². The number of benzene rings is 2. The van der Waals surface area contributed by atoms with Crippen molar-refractivity contribution in [3.8, 4) is 0 Å². The average molecular weight is 485 g/mol. The molecule has 0 saturated carbocycles. The van der Waals surface area contributed by atoms with Crippen molar-refractivity contribution >= 4 is 39.5 Å². The average Bonchev–Trinajstić information content (AvgIpc) is 3.02. The molecule has 4 rings (SSSR count). The lowest BCUT2D eigenvalue weighted by molar-refractivity contribution is -0.116. The molecule has 0 unspecified atom stereocenters. The number of anilines is 2. The predicted molar refractivity (Wildman–Crippen MR) is 149 cm³/mol. The summed E-state index contributed by atoms with van der Waals surface area (Å²) in [6.07, 6.45) is 0.173. The first kappa shape index (κ1) is 24.6. The number of amides is 1. The number of amidine groups is 1. The Kier molecular flexibility index (Phi) is 7.03. The molecule has 0 fully saturated rings. The molecule has 1 aliphatic heterocycles. The smallest absolute Gasteiger partial charge is 0.227 e. The Labute approximate surface area is 211 Å². The van der Waals surface area contributed by atoms with Crippen LogP contribution in [-0.2, 0) is 4.79 Å². The summed E-state index contributed by atoms with van der Waals surface area (Å²) in [5.74, 6) is 0.619. The Morgan fingerprint density at radius 2 is 1.66 bits per heavy atom. The van der Waals surface area contributed by atoms with Gasteiger partial charge in [0.05, 0.1) is 12.1 Å². The number of rotatable bonds is 5. The number of nitrogens with zero attached hydrogens (tertiary/aromatic N) is 3. The first-order valence-corrected chi connectivity index (χ1v) is 12.5. The van der Waals surface area contributed by atoms with E-state index in [0.29, 0.717) is 0 Å². The lowest BCUT2D eigenvalue weighted by Crippen LogP contribution is -2.38. The minimum atomic E-state index is -0.460. The molecule has 1 aromatic heterocycles. The van der Waals surface area contributed by atoms with Gasteiger partial charge < -0.3 is 5.32 Å². The lowest BCUT2D eigenvalue weighted by Gasteiger charge is -2.27. The molecule has 3 aromatic rings. The van der Waals surface area contributed by atoms with Crippen LogP contribution in [0.25, 0.3) is 0 Å². The Bertz CT molecular complexity index is 1330. The highest BCUT2D eigenvalue weighted by Crippen LogP contribution is 2.41. The molecule has 2 heterocycles. The maximum Gasteiger partial charge on any atom is 0.227 e. The molecule has 0 saturated heterocycles. The second-order valence-electron chi connectivity index (χ2n) is 9.09. The van der Waals surface area contributed by atoms with E-state index in [9.17, 15) is 4.79 Å². The SMILES string of the molecule is C=C(C)N1C(=NC)[C@H](CC(=O)Nc2ccc(C)cc2)N=C(c2ccc(C)cc2)c2c1sc(C)c2C. The summed E-state index contributed by atoms with van der Waals surface area (Å²) >= 11 is 1.72. The summed E-state index contributed by atoms with van der Waals surface area (Å²) in [5, 5.41) is 4.07. The molecule has 1 amide bonds. The Morgan fingerprint density at radius 3 is 2.23 bits per heavy atom. The standard InChI is InChI=1S/C29H32N4OS/c1-17(2)33-28(30-7)24(16-25(34)31-23-14-10-19(4)11-15-23)32-27(22-12-8-18(3)9-13-22)26-20(5)21(6)35-29(26)33/h8-15,24H,1,16H2,2-7H3,(H,31,34)/t24-/m0/s1. The van der Waals surface area contributed by atoms with Crippen molar-refractivity contribution in [3.05, 3.63) is 93.5 Å². The van der Waals surface area contributed by atoms with Gasteiger partial charge in [-0.2, -0.15) is 0 Å². The van der Waals surface area contributed by atoms with Gasteiger partial charge in [0.15, 0.2) is 0 Å². The number of carbonyl (C=O) groups excluding carboxylic acids is 1. The van der Waals surface area contributed by atoms with Gasteiger partial charge in [-0.1, -0.05) is 54.1 Å². The summed E-state index contributed by atoms with van der Waals surface area (Å²) in [5.41, 5.74) is 8.15. The van der Waals surface area contributed by atoms with Crippen molar-refractivity contribution in [1.82, 2.24) is 0 Å². The number of allylic oxidation sites excluding steroid dienone is 1. The van der Waals surface area contributed by atoms with Crippen LogP contribution in [0.2, 0.25) is 0 Å². The van der Waals surface area contributed by atoms with Crippen LogP contribution in [0.15, 0.2) is 70.8 Å². The van der Waals surface area contributed by atoms with Crippen molar-refractivity contribution in [2.24, 2.45) is 9.98 Å². The molecule has 5 nitrogen and oxygen atoms in total. The molecule has 0 bridgehead atoms. The third-order valence-corrected chi connectivity index (χ3v) is 7.46. The van der Waals surface area contributed by atoms with Crippen LogP contribution in [0.1, 0.15) is 46.0 Å². The van der Waals surface area contributed by atoms with Crippen molar-refractivity contribution in [3.63, 3.8) is 0 Å². The monoisotopic (exact) mass is 484 g/mol. The van der Waals surface area contributed by atoms with E-state index in [0.717, 1.165) is 44.6 Å². The second-order valence-corrected chi connectivity index (χ2v) is 10.3. The maximum atomic E-state index is 13.2. The number of hydrogen-bond acceptors (Lipinski definition) is 4. The minimum Gasteiger partial charge on any atom is -0.326 e. The van der Waals surface area contributed by atoms with Crippen molar-refractivity contribution in [2.45, 2.75) is 47.1 Å². The second kappa shape index (κ2) is 10.0. The fraction of sp³-hybridized carbons (Fsp3) is 0.276. The Hall–Kier alpha value is -3.51. The number of thiophene rings is 1. The van der Waals surface area contributed by atoms with Crippen LogP contribution < -0.4 is 10.2 Å². The molecule has 0 spiro atoms. The number of hydrogen-bond donors (Lipinski definition) is 1. The van der Waals surface area contributed by atoms with Crippen LogP contribution in [0, 0.1) is 27.7 Å². The summed E-state index contributed by atoms with van der Waals surface area (Å²) in [4.78, 5) is 26.3. The summed E-state index contributed by atoms with van der Waals surface area (Å²) in [7, 11) is 1.76. The molecule has 180 valence electrons. The molecular formula is C29H32N4OS. The normalized spacial score (nSPS) is 16.5. The fourth-order valence-corrected chi connectivity index (χ4v) is 5.52. The minimum absolute atomic E-state index is 0.105. The first-order chi connectivity index (χ1) is 16.7. The molecule has 1 atom stereocenters. The molecule has 6 heteroatoms. The van der Waals surface area contributed by atoms with Crippen LogP contribution in [-0.4, -0.2) is 30.5 Å². The zero-order valence-corrected chi connectivity index (χ0v) is 22.1. The van der Waals surface area contributed by atoms with Gasteiger partial charge in [-0.15, -0.1) is 11.3 Å². The van der Waals surface area contributed by atoms with E-state index in [2.05, 4.69) is 66.8 Å². The van der Waals surface area contributed by atoms with Crippen molar-refractivity contribution in [1.29, 1.82) is 0 Å². The molecule has 0 aliphatic carbocycles. The predicted octanol–water partition coefficient (Wildman–Crippen LogP) is 6.60. The van der Waals surface area contributed by atoms with Crippen LogP contribution in [0.3, 0.4) is 0 Å². The quantitative estimate of drug-likeness (QED) is 0.444. The highest BCUT2D eigenvalue weighted by molar-refractivity contribution is 7.17. The number of aryl methyl sites for hydroxylation is 3. The van der Waals surface area contributed by atoms with Crippen LogP contribution in [0.5, 0.6) is 0 Å². The van der Waals surface area contributed by atoms with Gasteiger partial charge >= 0.3 is 0 Å². The molecule has 35 heavy (non-hydrogen) atoms. The number of fused-ring (bicyclic) bond motifs is 1. The van der Waals surface area contributed by atoms with Crippen molar-refractivity contribution in [2.75, 3.05) is 17.3 Å². The van der Waals surface area contributed by atoms with Crippen LogP contribution in [0.4, 0.5) is 10.7 Å². The summed E-state index contributed by atoms with van der Waals surface area (Å²) in [6.45, 7) is 14.6. The molecular weight excluding hydrogens is 452 g/mol. The third kappa shape index (κ3) is 4.98. The largest absolute Gasteiger partial charge is 0.326 e. The van der Waals surface area contributed by atoms with Gasteiger partial charge in [-0.3, -0.25) is 19.7 Å². The maximum absolute atomic E-state index is 13.2. The Morgan fingerprint density at radius 1 is 1.06 bits per heavy atom. The fourth-order valence-electron chi connectivity index (χ4n) is 4.29. The zero-order chi connectivity index (χ0) is 25.3. The van der Waals surface area contributed by atoms with E-state index in [1.165, 1.54) is 16.0 Å². The first-order valence-electron chi connectivity index (χ1n) is 11.7.